The van der Waals surface area contributed by atoms with Crippen LogP contribution in [0.5, 0.6) is 0 Å². The lowest BCUT2D eigenvalue weighted by Gasteiger charge is -2.04. The number of nitrogens with zero attached hydrogens (tertiary/aromatic N) is 3. The van der Waals surface area contributed by atoms with Gasteiger partial charge in [-0.1, -0.05) is 34.9 Å². The van der Waals surface area contributed by atoms with Gasteiger partial charge < -0.3 is 4.42 Å². The van der Waals surface area contributed by atoms with E-state index in [2.05, 4.69) is 21.6 Å². The Hall–Kier alpha value is -3.55. The number of aryl methyl sites for hydroxylation is 3. The third-order valence-corrected chi connectivity index (χ3v) is 4.20. The van der Waals surface area contributed by atoms with Gasteiger partial charge in [-0.15, -0.1) is 5.10 Å². The minimum Gasteiger partial charge on any atom is -0.407 e. The standard InChI is InChI=1S/C19H18N4O4/c1-11-4-6-14(13(3)8-11)10-17-21-22-19(27-17)20-18(24)15-7-5-12(2)16(9-15)23(25)26/h4-9H,10H2,1-3H3,(H,20,22,24). The molecule has 1 heterocycles. The van der Waals surface area contributed by atoms with Crippen LogP contribution in [0.25, 0.3) is 0 Å². The average molecular weight is 366 g/mol. The maximum atomic E-state index is 12.3. The molecule has 3 aromatic rings. The van der Waals surface area contributed by atoms with E-state index >= 15 is 0 Å². The van der Waals surface area contributed by atoms with Crippen molar-refractivity contribution in [2.75, 3.05) is 5.32 Å². The summed E-state index contributed by atoms with van der Waals surface area (Å²) >= 11 is 0. The fraction of sp³-hybridized carbons (Fsp3) is 0.211. The number of carbonyl (C=O) groups excluding carboxylic acids is 1. The molecule has 0 radical (unpaired) electrons. The minimum absolute atomic E-state index is 0.0528. The van der Waals surface area contributed by atoms with E-state index in [4.69, 9.17) is 4.42 Å². The molecule has 0 bridgehead atoms. The van der Waals surface area contributed by atoms with Gasteiger partial charge in [-0.2, -0.15) is 0 Å². The van der Waals surface area contributed by atoms with Crippen LogP contribution in [0.15, 0.2) is 40.8 Å². The second kappa shape index (κ2) is 7.36. The van der Waals surface area contributed by atoms with Crippen LogP contribution in [0, 0.1) is 30.9 Å². The van der Waals surface area contributed by atoms with E-state index in [1.165, 1.54) is 23.8 Å². The molecule has 0 unspecified atom stereocenters. The van der Waals surface area contributed by atoms with Gasteiger partial charge in [0.25, 0.3) is 11.6 Å². The molecule has 0 saturated heterocycles. The second-order valence-electron chi connectivity index (χ2n) is 6.32. The number of rotatable bonds is 5. The SMILES string of the molecule is Cc1ccc(Cc2nnc(NC(=O)c3ccc(C)c([N+](=O)[O-])c3)o2)c(C)c1. The molecular weight excluding hydrogens is 348 g/mol. The fourth-order valence-electron chi connectivity index (χ4n) is 2.70. The first-order valence-electron chi connectivity index (χ1n) is 8.28. The molecule has 0 aliphatic carbocycles. The second-order valence-corrected chi connectivity index (χ2v) is 6.32. The smallest absolute Gasteiger partial charge is 0.322 e. The molecule has 27 heavy (non-hydrogen) atoms. The van der Waals surface area contributed by atoms with E-state index in [1.807, 2.05) is 26.0 Å². The van der Waals surface area contributed by atoms with Gasteiger partial charge >= 0.3 is 6.01 Å². The molecule has 0 atom stereocenters. The first kappa shape index (κ1) is 18.2. The van der Waals surface area contributed by atoms with Crippen LogP contribution in [0.2, 0.25) is 0 Å². The Labute approximate surface area is 155 Å². The highest BCUT2D eigenvalue weighted by atomic mass is 16.6. The van der Waals surface area contributed by atoms with Gasteiger partial charge in [0.1, 0.15) is 0 Å². The molecule has 8 heteroatoms. The molecule has 0 spiro atoms. The maximum Gasteiger partial charge on any atom is 0.322 e. The molecule has 0 saturated carbocycles. The van der Waals surface area contributed by atoms with Crippen molar-refractivity contribution in [3.8, 4) is 0 Å². The summed E-state index contributed by atoms with van der Waals surface area (Å²) in [5.41, 5.74) is 3.83. The molecule has 2 aromatic carbocycles. The summed E-state index contributed by atoms with van der Waals surface area (Å²) in [6, 6.07) is 10.3. The topological polar surface area (TPSA) is 111 Å². The molecule has 3 rings (SSSR count). The van der Waals surface area contributed by atoms with Gasteiger partial charge in [-0.05, 0) is 38.0 Å². The zero-order valence-electron chi connectivity index (χ0n) is 15.1. The van der Waals surface area contributed by atoms with Gasteiger partial charge in [0, 0.05) is 17.2 Å². The molecule has 138 valence electrons. The average Bonchev–Trinajstić information content (AvgIpc) is 3.04. The Kier molecular flexibility index (Phi) is 4.98. The fourth-order valence-corrected chi connectivity index (χ4v) is 2.70. The summed E-state index contributed by atoms with van der Waals surface area (Å²) in [4.78, 5) is 22.8. The number of nitrogens with one attached hydrogen (secondary N) is 1. The van der Waals surface area contributed by atoms with E-state index in [0.29, 0.717) is 17.9 Å². The lowest BCUT2D eigenvalue weighted by molar-refractivity contribution is -0.385. The molecule has 1 aromatic heterocycles. The van der Waals surface area contributed by atoms with E-state index in [9.17, 15) is 14.9 Å². The van der Waals surface area contributed by atoms with Crippen molar-refractivity contribution in [1.29, 1.82) is 0 Å². The van der Waals surface area contributed by atoms with Gasteiger partial charge in [-0.3, -0.25) is 20.2 Å². The normalized spacial score (nSPS) is 10.6. The Balaban J connectivity index is 1.73. The number of hydrogen-bond donors (Lipinski definition) is 1. The van der Waals surface area contributed by atoms with Crippen molar-refractivity contribution in [2.24, 2.45) is 0 Å². The van der Waals surface area contributed by atoms with Crippen LogP contribution in [0.3, 0.4) is 0 Å². The molecule has 8 nitrogen and oxygen atoms in total. The van der Waals surface area contributed by atoms with E-state index in [1.54, 1.807) is 6.92 Å². The molecule has 1 N–H and O–H groups in total. The van der Waals surface area contributed by atoms with Gasteiger partial charge in [0.05, 0.1) is 11.3 Å². The van der Waals surface area contributed by atoms with Gasteiger partial charge in [0.2, 0.25) is 5.89 Å². The number of aromatic nitrogens is 2. The lowest BCUT2D eigenvalue weighted by atomic mass is 10.0. The largest absolute Gasteiger partial charge is 0.407 e. The van der Waals surface area contributed by atoms with E-state index in [-0.39, 0.29) is 17.3 Å². The summed E-state index contributed by atoms with van der Waals surface area (Å²) in [7, 11) is 0. The van der Waals surface area contributed by atoms with Crippen LogP contribution in [0.4, 0.5) is 11.7 Å². The van der Waals surface area contributed by atoms with Crippen LogP contribution < -0.4 is 5.32 Å². The molecular formula is C19H18N4O4. The van der Waals surface area contributed by atoms with Crippen LogP contribution in [0.1, 0.15) is 38.5 Å². The van der Waals surface area contributed by atoms with E-state index in [0.717, 1.165) is 11.1 Å². The predicted octanol–water partition coefficient (Wildman–Crippen LogP) is 3.75. The van der Waals surface area contributed by atoms with Gasteiger partial charge in [-0.25, -0.2) is 0 Å². The highest BCUT2D eigenvalue weighted by Gasteiger charge is 2.17. The molecule has 0 fully saturated rings. The number of carbonyl (C=O) groups is 1. The summed E-state index contributed by atoms with van der Waals surface area (Å²) in [5, 5.41) is 21.2. The van der Waals surface area contributed by atoms with Crippen molar-refractivity contribution in [3.05, 3.63) is 80.2 Å². The third-order valence-electron chi connectivity index (χ3n) is 4.20. The molecule has 0 aliphatic rings. The zero-order chi connectivity index (χ0) is 19.6. The Morgan fingerprint density at radius 2 is 1.89 bits per heavy atom. The summed E-state index contributed by atoms with van der Waals surface area (Å²) in [6.45, 7) is 5.63. The highest BCUT2D eigenvalue weighted by molar-refractivity contribution is 6.03. The number of benzene rings is 2. The highest BCUT2D eigenvalue weighted by Crippen LogP contribution is 2.20. The van der Waals surface area contributed by atoms with Crippen molar-refractivity contribution < 1.29 is 14.1 Å². The van der Waals surface area contributed by atoms with Gasteiger partial charge in [0.15, 0.2) is 0 Å². The Morgan fingerprint density at radius 3 is 2.59 bits per heavy atom. The summed E-state index contributed by atoms with van der Waals surface area (Å²) in [6.07, 6.45) is 0.449. The third kappa shape index (κ3) is 4.17. The summed E-state index contributed by atoms with van der Waals surface area (Å²) < 4.78 is 5.48. The monoisotopic (exact) mass is 366 g/mol. The Morgan fingerprint density at radius 1 is 1.11 bits per heavy atom. The first-order valence-corrected chi connectivity index (χ1v) is 8.28. The number of amides is 1. The van der Waals surface area contributed by atoms with Crippen molar-refractivity contribution in [1.82, 2.24) is 10.2 Å². The Bertz CT molecular complexity index is 1030. The zero-order valence-corrected chi connectivity index (χ0v) is 15.1. The first-order chi connectivity index (χ1) is 12.8. The predicted molar refractivity (Wildman–Crippen MR) is 98.8 cm³/mol. The van der Waals surface area contributed by atoms with E-state index < -0.39 is 10.8 Å². The van der Waals surface area contributed by atoms with Crippen molar-refractivity contribution >= 4 is 17.6 Å². The number of nitro groups is 1. The van der Waals surface area contributed by atoms with Crippen LogP contribution in [-0.2, 0) is 6.42 Å². The number of hydrogen-bond acceptors (Lipinski definition) is 6. The minimum atomic E-state index is -0.556. The molecule has 0 aliphatic heterocycles. The quantitative estimate of drug-likeness (QED) is 0.544. The number of nitro benzene ring substituents is 1. The van der Waals surface area contributed by atoms with Crippen molar-refractivity contribution in [3.63, 3.8) is 0 Å². The van der Waals surface area contributed by atoms with Crippen molar-refractivity contribution in [2.45, 2.75) is 27.2 Å². The van der Waals surface area contributed by atoms with Crippen LogP contribution in [-0.4, -0.2) is 21.0 Å². The summed E-state index contributed by atoms with van der Waals surface area (Å²) in [5.74, 6) is -0.188. The number of anilines is 1. The molecule has 1 amide bonds. The lowest BCUT2D eigenvalue weighted by Crippen LogP contribution is -2.12. The maximum absolute atomic E-state index is 12.3. The van der Waals surface area contributed by atoms with Crippen LogP contribution >= 0.6 is 0 Å².